The van der Waals surface area contributed by atoms with Gasteiger partial charge in [-0.05, 0) is 22.8 Å². The Morgan fingerprint density at radius 3 is 2.36 bits per heavy atom. The second kappa shape index (κ2) is 8.81. The lowest BCUT2D eigenvalue weighted by Gasteiger charge is -2.13. The fourth-order valence-corrected chi connectivity index (χ4v) is 3.82. The van der Waals surface area contributed by atoms with E-state index < -0.39 is 18.4 Å². The summed E-state index contributed by atoms with van der Waals surface area (Å²) in [7, 11) is 0. The van der Waals surface area contributed by atoms with Crippen LogP contribution in [0.2, 0.25) is 0 Å². The number of carbonyl (C=O) groups is 3. The van der Waals surface area contributed by atoms with Gasteiger partial charge in [0, 0.05) is 0 Å². The first-order valence-corrected chi connectivity index (χ1v) is 9.56. The van der Waals surface area contributed by atoms with Gasteiger partial charge in [0.1, 0.15) is 17.4 Å². The average Bonchev–Trinajstić information content (AvgIpc) is 2.95. The van der Waals surface area contributed by atoms with Gasteiger partial charge >= 0.3 is 5.97 Å². The minimum atomic E-state index is -1.16. The number of nitrogens with one attached hydrogen (secondary N) is 1. The van der Waals surface area contributed by atoms with Crippen molar-refractivity contribution < 1.29 is 19.5 Å². The number of nitrogens with zero attached hydrogens (tertiary/aromatic N) is 1. The third kappa shape index (κ3) is 4.85. The third-order valence-electron chi connectivity index (χ3n) is 3.93. The van der Waals surface area contributed by atoms with E-state index in [0.29, 0.717) is 4.91 Å². The van der Waals surface area contributed by atoms with Crippen molar-refractivity contribution in [1.29, 1.82) is 0 Å². The zero-order chi connectivity index (χ0) is 20.1. The number of aliphatic carboxylic acids is 1. The SMILES string of the molecule is O=C(O)CNC(=O)CN1C(=O)/C(=C/c2ccc(-c3ccccc3)cc2)SC1=S. The van der Waals surface area contributed by atoms with E-state index in [-0.39, 0.29) is 16.8 Å². The van der Waals surface area contributed by atoms with Gasteiger partial charge in [0.25, 0.3) is 5.91 Å². The van der Waals surface area contributed by atoms with Crippen molar-refractivity contribution in [2.45, 2.75) is 0 Å². The van der Waals surface area contributed by atoms with Gasteiger partial charge in [0.15, 0.2) is 0 Å². The van der Waals surface area contributed by atoms with E-state index in [9.17, 15) is 14.4 Å². The van der Waals surface area contributed by atoms with Crippen LogP contribution in [0.1, 0.15) is 5.56 Å². The molecule has 0 aromatic heterocycles. The molecular formula is C20H16N2O4S2. The highest BCUT2D eigenvalue weighted by Crippen LogP contribution is 2.32. The van der Waals surface area contributed by atoms with Crippen LogP contribution in [0.25, 0.3) is 17.2 Å². The van der Waals surface area contributed by atoms with Gasteiger partial charge in [-0.25, -0.2) is 0 Å². The van der Waals surface area contributed by atoms with E-state index in [1.165, 1.54) is 4.90 Å². The van der Waals surface area contributed by atoms with E-state index in [1.807, 2.05) is 54.6 Å². The van der Waals surface area contributed by atoms with Gasteiger partial charge in [-0.1, -0.05) is 78.6 Å². The summed E-state index contributed by atoms with van der Waals surface area (Å²) in [4.78, 5) is 36.4. The molecule has 0 radical (unpaired) electrons. The first kappa shape index (κ1) is 19.8. The highest BCUT2D eigenvalue weighted by molar-refractivity contribution is 8.26. The third-order valence-corrected chi connectivity index (χ3v) is 5.31. The summed E-state index contributed by atoms with van der Waals surface area (Å²) < 4.78 is 0.266. The predicted octanol–water partition coefficient (Wildman–Crippen LogP) is 2.76. The van der Waals surface area contributed by atoms with Crippen molar-refractivity contribution in [3.8, 4) is 11.1 Å². The fourth-order valence-electron chi connectivity index (χ4n) is 2.56. The summed E-state index contributed by atoms with van der Waals surface area (Å²) in [5, 5.41) is 10.8. The van der Waals surface area contributed by atoms with Crippen molar-refractivity contribution in [1.82, 2.24) is 10.2 Å². The Morgan fingerprint density at radius 1 is 1.07 bits per heavy atom. The molecule has 142 valence electrons. The molecule has 0 atom stereocenters. The molecule has 0 unspecified atom stereocenters. The monoisotopic (exact) mass is 412 g/mol. The smallest absolute Gasteiger partial charge is 0.322 e. The lowest BCUT2D eigenvalue weighted by atomic mass is 10.0. The summed E-state index contributed by atoms with van der Waals surface area (Å²) >= 11 is 6.30. The van der Waals surface area contributed by atoms with Gasteiger partial charge in [-0.2, -0.15) is 0 Å². The zero-order valence-corrected chi connectivity index (χ0v) is 16.3. The molecule has 2 N–H and O–H groups in total. The average molecular weight is 412 g/mol. The topological polar surface area (TPSA) is 86.7 Å². The number of amides is 2. The normalized spacial score (nSPS) is 15.1. The molecule has 1 aliphatic rings. The molecule has 2 aromatic carbocycles. The largest absolute Gasteiger partial charge is 0.480 e. The van der Waals surface area contributed by atoms with E-state index in [2.05, 4.69) is 5.32 Å². The highest BCUT2D eigenvalue weighted by atomic mass is 32.2. The van der Waals surface area contributed by atoms with Crippen molar-refractivity contribution in [3.05, 3.63) is 65.1 Å². The van der Waals surface area contributed by atoms with Gasteiger partial charge in [-0.15, -0.1) is 0 Å². The maximum atomic E-state index is 12.5. The molecule has 6 nitrogen and oxygen atoms in total. The van der Waals surface area contributed by atoms with Crippen LogP contribution in [0.15, 0.2) is 59.5 Å². The molecule has 28 heavy (non-hydrogen) atoms. The summed E-state index contributed by atoms with van der Waals surface area (Å²) in [6, 6.07) is 17.7. The Bertz CT molecular complexity index is 956. The van der Waals surface area contributed by atoms with Crippen molar-refractivity contribution >= 4 is 52.2 Å². The second-order valence-electron chi connectivity index (χ2n) is 5.93. The molecule has 3 rings (SSSR count). The number of carboxylic acid groups (broad SMARTS) is 1. The molecular weight excluding hydrogens is 396 g/mol. The number of hydrogen-bond acceptors (Lipinski definition) is 5. The molecule has 0 aliphatic carbocycles. The molecule has 8 heteroatoms. The molecule has 1 fully saturated rings. The first-order chi connectivity index (χ1) is 13.4. The van der Waals surface area contributed by atoms with Crippen LogP contribution >= 0.6 is 24.0 Å². The standard InChI is InChI=1S/C20H16N2O4S2/c23-17(21-11-18(24)25)12-22-19(26)16(28-20(22)27)10-13-6-8-15(9-7-13)14-4-2-1-3-5-14/h1-10H,11-12H2,(H,21,23)(H,24,25)/b16-10-. The van der Waals surface area contributed by atoms with Crippen LogP contribution in [-0.4, -0.2) is 45.2 Å². The van der Waals surface area contributed by atoms with E-state index >= 15 is 0 Å². The van der Waals surface area contributed by atoms with Gasteiger partial charge in [0.2, 0.25) is 5.91 Å². The fraction of sp³-hybridized carbons (Fsp3) is 0.100. The maximum absolute atomic E-state index is 12.5. The van der Waals surface area contributed by atoms with Crippen LogP contribution in [0.4, 0.5) is 0 Å². The van der Waals surface area contributed by atoms with Crippen LogP contribution in [0.5, 0.6) is 0 Å². The van der Waals surface area contributed by atoms with Gasteiger partial charge in [0.05, 0.1) is 4.91 Å². The lowest BCUT2D eigenvalue weighted by Crippen LogP contribution is -2.41. The van der Waals surface area contributed by atoms with Crippen molar-refractivity contribution in [3.63, 3.8) is 0 Å². The quantitative estimate of drug-likeness (QED) is 0.561. The number of thiocarbonyl (C=S) groups is 1. The Balaban J connectivity index is 1.69. The molecule has 0 bridgehead atoms. The minimum Gasteiger partial charge on any atom is -0.480 e. The summed E-state index contributed by atoms with van der Waals surface area (Å²) in [5.41, 5.74) is 3.02. The van der Waals surface area contributed by atoms with E-state index in [4.69, 9.17) is 17.3 Å². The second-order valence-corrected chi connectivity index (χ2v) is 7.60. The first-order valence-electron chi connectivity index (χ1n) is 8.33. The zero-order valence-electron chi connectivity index (χ0n) is 14.6. The lowest BCUT2D eigenvalue weighted by molar-refractivity contribution is -0.138. The van der Waals surface area contributed by atoms with Crippen LogP contribution in [0.3, 0.4) is 0 Å². The molecule has 0 spiro atoms. The summed E-state index contributed by atoms with van der Waals surface area (Å²) in [6.45, 7) is -0.806. The Morgan fingerprint density at radius 2 is 1.71 bits per heavy atom. The predicted molar refractivity (Wildman–Crippen MR) is 112 cm³/mol. The van der Waals surface area contributed by atoms with Gasteiger partial charge < -0.3 is 10.4 Å². The Labute approximate surface area is 171 Å². The number of carboxylic acids is 1. The maximum Gasteiger partial charge on any atom is 0.322 e. The molecule has 1 heterocycles. The number of rotatable bonds is 6. The molecule has 2 aromatic rings. The van der Waals surface area contributed by atoms with Crippen LogP contribution in [0, 0.1) is 0 Å². The Hall–Kier alpha value is -2.97. The number of hydrogen-bond donors (Lipinski definition) is 2. The van der Waals surface area contributed by atoms with E-state index in [0.717, 1.165) is 28.5 Å². The van der Waals surface area contributed by atoms with E-state index in [1.54, 1.807) is 6.08 Å². The number of benzene rings is 2. The Kier molecular flexibility index (Phi) is 6.23. The summed E-state index contributed by atoms with van der Waals surface area (Å²) in [6.07, 6.45) is 1.73. The molecule has 0 saturated carbocycles. The van der Waals surface area contributed by atoms with Crippen LogP contribution < -0.4 is 5.32 Å². The van der Waals surface area contributed by atoms with Crippen molar-refractivity contribution in [2.24, 2.45) is 0 Å². The van der Waals surface area contributed by atoms with Crippen molar-refractivity contribution in [2.75, 3.05) is 13.1 Å². The molecule has 2 amide bonds. The van der Waals surface area contributed by atoms with Gasteiger partial charge in [-0.3, -0.25) is 19.3 Å². The number of thioether (sulfide) groups is 1. The minimum absolute atomic E-state index is 0.266. The summed E-state index contributed by atoms with van der Waals surface area (Å²) in [5.74, 6) is -2.10. The molecule has 1 aliphatic heterocycles. The molecule has 1 saturated heterocycles. The van der Waals surface area contributed by atoms with Crippen LogP contribution in [-0.2, 0) is 14.4 Å². The highest BCUT2D eigenvalue weighted by Gasteiger charge is 2.33. The number of carbonyl (C=O) groups excluding carboxylic acids is 2.